The van der Waals surface area contributed by atoms with Crippen LogP contribution >= 0.6 is 0 Å². The topological polar surface area (TPSA) is 73.9 Å². The molecular weight excluding hydrogens is 308 g/mol. The Hall–Kier alpha value is -2.12. The van der Waals surface area contributed by atoms with Crippen LogP contribution in [0.4, 0.5) is 10.5 Å². The molecule has 24 heavy (non-hydrogen) atoms. The molecule has 1 aromatic rings. The number of carbonyl (C=O) groups excluding carboxylic acids is 2. The second-order valence-electron chi connectivity index (χ2n) is 6.22. The fraction of sp³-hybridized carbons (Fsp3) is 0.529. The Labute approximate surface area is 141 Å². The van der Waals surface area contributed by atoms with E-state index in [1.807, 2.05) is 19.1 Å². The van der Waals surface area contributed by atoms with Crippen LogP contribution in [0.15, 0.2) is 24.3 Å². The first-order valence-electron chi connectivity index (χ1n) is 8.40. The standard InChI is InChI=1S/C17H24N4O3/c1-13(12-20-8-10-24-11-9-20)19-16(22)14-2-4-15(5-3-14)21-7-6-18-17(21)23/h2-5,13H,6-12H2,1H3,(H,18,23)(H,19,22)/t13-/m0/s1. The predicted octanol–water partition coefficient (Wildman–Crippen LogP) is 0.667. The summed E-state index contributed by atoms with van der Waals surface area (Å²) >= 11 is 0. The highest BCUT2D eigenvalue weighted by Gasteiger charge is 2.21. The van der Waals surface area contributed by atoms with Gasteiger partial charge in [0.15, 0.2) is 0 Å². The van der Waals surface area contributed by atoms with Gasteiger partial charge in [0.25, 0.3) is 5.91 Å². The number of morpholine rings is 1. The SMILES string of the molecule is C[C@@H](CN1CCOCC1)NC(=O)c1ccc(N2CCNC2=O)cc1. The number of nitrogens with zero attached hydrogens (tertiary/aromatic N) is 2. The molecule has 2 aliphatic rings. The largest absolute Gasteiger partial charge is 0.379 e. The van der Waals surface area contributed by atoms with Crippen LogP contribution in [0, 0.1) is 0 Å². The van der Waals surface area contributed by atoms with Crippen molar-refractivity contribution < 1.29 is 14.3 Å². The molecule has 130 valence electrons. The summed E-state index contributed by atoms with van der Waals surface area (Å²) in [6.45, 7) is 7.47. The fourth-order valence-corrected chi connectivity index (χ4v) is 3.03. The molecule has 1 atom stereocenters. The maximum Gasteiger partial charge on any atom is 0.321 e. The lowest BCUT2D eigenvalue weighted by molar-refractivity contribution is 0.0342. The van der Waals surface area contributed by atoms with Crippen LogP contribution in [0.25, 0.3) is 0 Å². The normalized spacial score (nSPS) is 19.9. The van der Waals surface area contributed by atoms with Crippen LogP contribution < -0.4 is 15.5 Å². The number of hydrogen-bond acceptors (Lipinski definition) is 4. The number of ether oxygens (including phenoxy) is 1. The summed E-state index contributed by atoms with van der Waals surface area (Å²) < 4.78 is 5.33. The van der Waals surface area contributed by atoms with Crippen LogP contribution in [0.1, 0.15) is 17.3 Å². The number of amides is 3. The van der Waals surface area contributed by atoms with Crippen LogP contribution in [0.3, 0.4) is 0 Å². The van der Waals surface area contributed by atoms with Crippen molar-refractivity contribution in [1.82, 2.24) is 15.5 Å². The number of hydrogen-bond donors (Lipinski definition) is 2. The Morgan fingerprint density at radius 3 is 2.58 bits per heavy atom. The number of carbonyl (C=O) groups is 2. The van der Waals surface area contributed by atoms with Gasteiger partial charge in [-0.1, -0.05) is 0 Å². The highest BCUT2D eigenvalue weighted by atomic mass is 16.5. The molecule has 3 rings (SSSR count). The van der Waals surface area contributed by atoms with Gasteiger partial charge in [-0.15, -0.1) is 0 Å². The molecule has 1 aromatic carbocycles. The highest BCUT2D eigenvalue weighted by Crippen LogP contribution is 2.17. The molecule has 7 heteroatoms. The van der Waals surface area contributed by atoms with Crippen molar-refractivity contribution in [3.8, 4) is 0 Å². The lowest BCUT2D eigenvalue weighted by Crippen LogP contribution is -2.46. The number of nitrogens with one attached hydrogen (secondary N) is 2. The van der Waals surface area contributed by atoms with Gasteiger partial charge >= 0.3 is 6.03 Å². The summed E-state index contributed by atoms with van der Waals surface area (Å²) in [4.78, 5) is 28.0. The summed E-state index contributed by atoms with van der Waals surface area (Å²) in [5, 5.41) is 5.79. The minimum atomic E-state index is -0.0914. The van der Waals surface area contributed by atoms with E-state index in [0.717, 1.165) is 38.5 Å². The number of anilines is 1. The molecule has 2 aliphatic heterocycles. The minimum Gasteiger partial charge on any atom is -0.379 e. The Morgan fingerprint density at radius 1 is 1.25 bits per heavy atom. The van der Waals surface area contributed by atoms with Crippen molar-refractivity contribution in [3.63, 3.8) is 0 Å². The van der Waals surface area contributed by atoms with Gasteiger partial charge in [-0.25, -0.2) is 4.79 Å². The molecule has 0 radical (unpaired) electrons. The number of benzene rings is 1. The number of rotatable bonds is 5. The van der Waals surface area contributed by atoms with E-state index in [0.29, 0.717) is 18.7 Å². The van der Waals surface area contributed by atoms with Gasteiger partial charge < -0.3 is 15.4 Å². The third-order valence-corrected chi connectivity index (χ3v) is 4.31. The summed E-state index contributed by atoms with van der Waals surface area (Å²) in [5.41, 5.74) is 1.41. The molecule has 0 aromatic heterocycles. The van der Waals surface area contributed by atoms with Crippen molar-refractivity contribution in [1.29, 1.82) is 0 Å². The quantitative estimate of drug-likeness (QED) is 0.831. The third kappa shape index (κ3) is 4.04. The summed E-state index contributed by atoms with van der Waals surface area (Å²) in [5.74, 6) is -0.0896. The van der Waals surface area contributed by atoms with E-state index >= 15 is 0 Å². The van der Waals surface area contributed by atoms with Gasteiger partial charge in [0.2, 0.25) is 0 Å². The maximum atomic E-state index is 12.3. The van der Waals surface area contributed by atoms with Gasteiger partial charge in [0.1, 0.15) is 0 Å². The second kappa shape index (κ2) is 7.63. The monoisotopic (exact) mass is 332 g/mol. The van der Waals surface area contributed by atoms with Crippen molar-refractivity contribution in [3.05, 3.63) is 29.8 Å². The first-order valence-corrected chi connectivity index (χ1v) is 8.40. The van der Waals surface area contributed by atoms with Gasteiger partial charge in [0.05, 0.1) is 13.2 Å². The van der Waals surface area contributed by atoms with E-state index in [9.17, 15) is 9.59 Å². The van der Waals surface area contributed by atoms with Crippen LogP contribution in [0.5, 0.6) is 0 Å². The maximum absolute atomic E-state index is 12.3. The summed E-state index contributed by atoms with van der Waals surface area (Å²) in [6, 6.07) is 7.12. The van der Waals surface area contributed by atoms with E-state index in [4.69, 9.17) is 4.74 Å². The van der Waals surface area contributed by atoms with E-state index < -0.39 is 0 Å². The van der Waals surface area contributed by atoms with Gasteiger partial charge in [-0.2, -0.15) is 0 Å². The zero-order valence-corrected chi connectivity index (χ0v) is 14.0. The van der Waals surface area contributed by atoms with E-state index in [-0.39, 0.29) is 18.0 Å². The third-order valence-electron chi connectivity index (χ3n) is 4.31. The van der Waals surface area contributed by atoms with E-state index in [1.165, 1.54) is 0 Å². The van der Waals surface area contributed by atoms with Gasteiger partial charge in [-0.3, -0.25) is 14.6 Å². The molecule has 0 unspecified atom stereocenters. The molecule has 0 spiro atoms. The molecule has 3 amide bonds. The fourth-order valence-electron chi connectivity index (χ4n) is 3.03. The van der Waals surface area contributed by atoms with Crippen molar-refractivity contribution in [2.75, 3.05) is 50.8 Å². The molecule has 0 bridgehead atoms. The van der Waals surface area contributed by atoms with Crippen LogP contribution in [-0.4, -0.2) is 68.8 Å². The van der Waals surface area contributed by atoms with Gasteiger partial charge in [-0.05, 0) is 31.2 Å². The molecule has 2 N–H and O–H groups in total. The lowest BCUT2D eigenvalue weighted by atomic mass is 10.1. The Morgan fingerprint density at radius 2 is 1.96 bits per heavy atom. The average molecular weight is 332 g/mol. The molecule has 0 aliphatic carbocycles. The highest BCUT2D eigenvalue weighted by molar-refractivity contribution is 5.97. The molecule has 0 saturated carbocycles. The zero-order valence-electron chi connectivity index (χ0n) is 14.0. The summed E-state index contributed by atoms with van der Waals surface area (Å²) in [7, 11) is 0. The first kappa shape index (κ1) is 16.7. The lowest BCUT2D eigenvalue weighted by Gasteiger charge is -2.29. The first-order chi connectivity index (χ1) is 11.6. The summed E-state index contributed by atoms with van der Waals surface area (Å²) in [6.07, 6.45) is 0. The van der Waals surface area contributed by atoms with Gasteiger partial charge in [0, 0.05) is 50.0 Å². The van der Waals surface area contributed by atoms with Crippen molar-refractivity contribution in [2.24, 2.45) is 0 Å². The molecule has 2 heterocycles. The molecule has 7 nitrogen and oxygen atoms in total. The van der Waals surface area contributed by atoms with Crippen LogP contribution in [0.2, 0.25) is 0 Å². The second-order valence-corrected chi connectivity index (χ2v) is 6.22. The molecule has 2 saturated heterocycles. The zero-order chi connectivity index (χ0) is 16.9. The van der Waals surface area contributed by atoms with Crippen LogP contribution in [-0.2, 0) is 4.74 Å². The average Bonchev–Trinajstić information content (AvgIpc) is 3.02. The smallest absolute Gasteiger partial charge is 0.321 e. The molecular formula is C17H24N4O3. The van der Waals surface area contributed by atoms with Crippen molar-refractivity contribution >= 4 is 17.6 Å². The number of urea groups is 1. The Kier molecular flexibility index (Phi) is 5.32. The van der Waals surface area contributed by atoms with E-state index in [2.05, 4.69) is 15.5 Å². The Balaban J connectivity index is 1.53. The Bertz CT molecular complexity index is 584. The van der Waals surface area contributed by atoms with Crippen molar-refractivity contribution in [2.45, 2.75) is 13.0 Å². The molecule has 2 fully saturated rings. The van der Waals surface area contributed by atoms with E-state index in [1.54, 1.807) is 17.0 Å². The minimum absolute atomic E-state index is 0.0691. The predicted molar refractivity (Wildman–Crippen MR) is 91.4 cm³/mol.